The Labute approximate surface area is 185 Å². The maximum atomic E-state index is 14.0. The molecule has 2 aliphatic heterocycles. The van der Waals surface area contributed by atoms with Crippen LogP contribution in [-0.2, 0) is 13.5 Å². The Hall–Kier alpha value is -3.43. The highest BCUT2D eigenvalue weighted by Crippen LogP contribution is 2.39. The van der Waals surface area contributed by atoms with Crippen molar-refractivity contribution in [3.8, 4) is 11.1 Å². The Balaban J connectivity index is 1.72. The van der Waals surface area contributed by atoms with Crippen LogP contribution in [0.25, 0.3) is 11.1 Å². The van der Waals surface area contributed by atoms with Gasteiger partial charge < -0.3 is 20.9 Å². The number of anilines is 1. The largest absolute Gasteiger partial charge is 0.402 e. The van der Waals surface area contributed by atoms with E-state index < -0.39 is 6.43 Å². The molecular formula is C22H27F2N7O. The standard InChI is InChI=1S/C22H27F2N7O/c1-27-22(32)30-7-5-18(25)17(12-30)21(26)31-6-3-4-13-8-15(14-10-28-29(2)11-14)16(20(23)24)9-19(13)31/h8-11,20,26H,3-7,12,25H2,1-2H3,(H,27,32). The number of nitrogens with two attached hydrogens (primary N) is 1. The SMILES string of the molecule is CNC(=O)N1CCC(N)=C(C(=N)N2CCCc3cc(-c4cnn(C)c4)c(C(F)F)cc32)C1. The van der Waals surface area contributed by atoms with E-state index >= 15 is 0 Å². The first-order valence-electron chi connectivity index (χ1n) is 10.5. The Morgan fingerprint density at radius 1 is 1.28 bits per heavy atom. The molecule has 0 fully saturated rings. The van der Waals surface area contributed by atoms with E-state index in [9.17, 15) is 13.6 Å². The molecule has 0 radical (unpaired) electrons. The zero-order valence-corrected chi connectivity index (χ0v) is 18.2. The maximum absolute atomic E-state index is 14.0. The van der Waals surface area contributed by atoms with Gasteiger partial charge in [0, 0.05) is 67.9 Å². The van der Waals surface area contributed by atoms with Crippen LogP contribution in [0.5, 0.6) is 0 Å². The van der Waals surface area contributed by atoms with E-state index in [-0.39, 0.29) is 24.0 Å². The predicted octanol–water partition coefficient (Wildman–Crippen LogP) is 3.01. The Bertz CT molecular complexity index is 1090. The number of carbonyl (C=O) groups is 1. The van der Waals surface area contributed by atoms with Crippen molar-refractivity contribution in [1.29, 1.82) is 5.41 Å². The van der Waals surface area contributed by atoms with Crippen molar-refractivity contribution in [3.63, 3.8) is 0 Å². The van der Waals surface area contributed by atoms with Crippen LogP contribution in [0, 0.1) is 5.41 Å². The van der Waals surface area contributed by atoms with E-state index in [1.807, 2.05) is 0 Å². The average molecular weight is 444 g/mol. The van der Waals surface area contributed by atoms with Gasteiger partial charge in [-0.2, -0.15) is 5.10 Å². The number of carbonyl (C=O) groups excluding carboxylic acids is 1. The Kier molecular flexibility index (Phi) is 5.86. The molecule has 170 valence electrons. The molecule has 2 aliphatic rings. The summed E-state index contributed by atoms with van der Waals surface area (Å²) in [7, 11) is 3.30. The second-order valence-corrected chi connectivity index (χ2v) is 8.11. The monoisotopic (exact) mass is 443 g/mol. The van der Waals surface area contributed by atoms with E-state index in [1.54, 1.807) is 47.0 Å². The number of nitrogens with one attached hydrogen (secondary N) is 2. The van der Waals surface area contributed by atoms with Crippen molar-refractivity contribution in [2.75, 3.05) is 31.6 Å². The quantitative estimate of drug-likeness (QED) is 0.501. The smallest absolute Gasteiger partial charge is 0.317 e. The number of amides is 2. The number of halogens is 2. The van der Waals surface area contributed by atoms with Gasteiger partial charge in [-0.25, -0.2) is 13.6 Å². The molecule has 4 N–H and O–H groups in total. The number of alkyl halides is 2. The van der Waals surface area contributed by atoms with Gasteiger partial charge in [-0.1, -0.05) is 0 Å². The number of hydrogen-bond donors (Lipinski definition) is 3. The van der Waals surface area contributed by atoms with Crippen molar-refractivity contribution in [1.82, 2.24) is 20.0 Å². The minimum atomic E-state index is -2.67. The van der Waals surface area contributed by atoms with Crippen molar-refractivity contribution >= 4 is 17.6 Å². The lowest BCUT2D eigenvalue weighted by Gasteiger charge is -2.36. The zero-order valence-electron chi connectivity index (χ0n) is 18.2. The van der Waals surface area contributed by atoms with Gasteiger partial charge in [0.25, 0.3) is 6.43 Å². The Morgan fingerprint density at radius 2 is 2.06 bits per heavy atom. The fraction of sp³-hybridized carbons (Fsp3) is 0.409. The molecule has 10 heteroatoms. The van der Waals surface area contributed by atoms with Crippen molar-refractivity contribution in [3.05, 3.63) is 46.9 Å². The van der Waals surface area contributed by atoms with Gasteiger partial charge in [0.15, 0.2) is 0 Å². The van der Waals surface area contributed by atoms with Gasteiger partial charge in [0.1, 0.15) is 5.84 Å². The van der Waals surface area contributed by atoms with Crippen LogP contribution in [-0.4, -0.2) is 53.2 Å². The molecule has 1 aromatic carbocycles. The minimum Gasteiger partial charge on any atom is -0.402 e. The summed E-state index contributed by atoms with van der Waals surface area (Å²) in [6, 6.07) is 3.05. The first kappa shape index (κ1) is 21.8. The van der Waals surface area contributed by atoms with Gasteiger partial charge in [-0.05, 0) is 36.1 Å². The van der Waals surface area contributed by atoms with E-state index in [4.69, 9.17) is 11.1 Å². The molecule has 0 saturated carbocycles. The van der Waals surface area contributed by atoms with Crippen molar-refractivity contribution < 1.29 is 13.6 Å². The van der Waals surface area contributed by atoms with E-state index in [1.165, 1.54) is 6.07 Å². The summed E-state index contributed by atoms with van der Waals surface area (Å²) in [5.41, 5.74) is 9.84. The predicted molar refractivity (Wildman–Crippen MR) is 119 cm³/mol. The van der Waals surface area contributed by atoms with E-state index in [2.05, 4.69) is 10.4 Å². The average Bonchev–Trinajstić information content (AvgIpc) is 3.23. The van der Waals surface area contributed by atoms with Gasteiger partial charge >= 0.3 is 6.03 Å². The third-order valence-electron chi connectivity index (χ3n) is 6.06. The lowest BCUT2D eigenvalue weighted by atomic mass is 9.92. The number of rotatable bonds is 3. The molecule has 0 atom stereocenters. The third kappa shape index (κ3) is 3.92. The van der Waals surface area contributed by atoms with Crippen LogP contribution in [0.15, 0.2) is 35.8 Å². The summed E-state index contributed by atoms with van der Waals surface area (Å²) >= 11 is 0. The molecule has 4 rings (SSSR count). The van der Waals surface area contributed by atoms with E-state index in [0.717, 1.165) is 18.4 Å². The first-order chi connectivity index (χ1) is 15.3. The first-order valence-corrected chi connectivity index (χ1v) is 10.5. The molecule has 0 spiro atoms. The summed E-state index contributed by atoms with van der Waals surface area (Å²) in [6.07, 6.45) is 2.61. The molecule has 3 heterocycles. The molecule has 1 aromatic heterocycles. The highest BCUT2D eigenvalue weighted by atomic mass is 19.3. The number of benzene rings is 1. The normalized spacial score (nSPS) is 16.4. The van der Waals surface area contributed by atoms with Gasteiger partial charge in [0.2, 0.25) is 0 Å². The number of fused-ring (bicyclic) bond motifs is 1. The second-order valence-electron chi connectivity index (χ2n) is 8.11. The van der Waals surface area contributed by atoms with Gasteiger partial charge in [0.05, 0.1) is 12.7 Å². The summed E-state index contributed by atoms with van der Waals surface area (Å²) in [5.74, 6) is 0.159. The van der Waals surface area contributed by atoms with E-state index in [0.29, 0.717) is 47.6 Å². The maximum Gasteiger partial charge on any atom is 0.317 e. The number of amidine groups is 1. The summed E-state index contributed by atoms with van der Waals surface area (Å²) in [4.78, 5) is 15.4. The van der Waals surface area contributed by atoms with Crippen LogP contribution >= 0.6 is 0 Å². The lowest BCUT2D eigenvalue weighted by Crippen LogP contribution is -2.47. The molecule has 2 amide bonds. The molecule has 8 nitrogen and oxygen atoms in total. The van der Waals surface area contributed by atoms with Crippen molar-refractivity contribution in [2.24, 2.45) is 12.8 Å². The number of nitrogens with zero attached hydrogens (tertiary/aromatic N) is 4. The van der Waals surface area contributed by atoms with Crippen molar-refractivity contribution in [2.45, 2.75) is 25.7 Å². The molecule has 0 unspecified atom stereocenters. The van der Waals surface area contributed by atoms with Crippen LogP contribution < -0.4 is 16.0 Å². The summed E-state index contributed by atoms with van der Waals surface area (Å²) in [6.45, 7) is 1.21. The number of aromatic nitrogens is 2. The van der Waals surface area contributed by atoms with Crippen LogP contribution in [0.2, 0.25) is 0 Å². The summed E-state index contributed by atoms with van der Waals surface area (Å²) in [5, 5.41) is 15.6. The Morgan fingerprint density at radius 3 is 2.72 bits per heavy atom. The topological polar surface area (TPSA) is 103 Å². The zero-order chi connectivity index (χ0) is 23.0. The molecule has 0 bridgehead atoms. The highest BCUT2D eigenvalue weighted by molar-refractivity contribution is 6.09. The van der Waals surface area contributed by atoms with Crippen LogP contribution in [0.4, 0.5) is 19.3 Å². The van der Waals surface area contributed by atoms with Crippen LogP contribution in [0.3, 0.4) is 0 Å². The fourth-order valence-electron chi connectivity index (χ4n) is 4.37. The van der Waals surface area contributed by atoms with Gasteiger partial charge in [-0.15, -0.1) is 0 Å². The molecule has 0 saturated heterocycles. The number of urea groups is 1. The van der Waals surface area contributed by atoms with Gasteiger partial charge in [-0.3, -0.25) is 10.1 Å². The molecule has 2 aromatic rings. The lowest BCUT2D eigenvalue weighted by molar-refractivity contribution is 0.152. The molecule has 32 heavy (non-hydrogen) atoms. The minimum absolute atomic E-state index is 0.0889. The highest BCUT2D eigenvalue weighted by Gasteiger charge is 2.30. The fourth-order valence-corrected chi connectivity index (χ4v) is 4.37. The van der Waals surface area contributed by atoms with Crippen LogP contribution in [0.1, 0.15) is 30.4 Å². The molecular weight excluding hydrogens is 416 g/mol. The second kappa shape index (κ2) is 8.60. The number of hydrogen-bond acceptors (Lipinski definition) is 4. The molecule has 0 aliphatic carbocycles. The third-order valence-corrected chi connectivity index (χ3v) is 6.06. The summed E-state index contributed by atoms with van der Waals surface area (Å²) < 4.78 is 29.7. The number of aryl methyl sites for hydroxylation is 2.